The second kappa shape index (κ2) is 5.97. The van der Waals surface area contributed by atoms with Gasteiger partial charge in [-0.3, -0.25) is 4.79 Å². The average molecular weight is 297 g/mol. The molecule has 0 radical (unpaired) electrons. The number of benzene rings is 1. The van der Waals surface area contributed by atoms with E-state index in [9.17, 15) is 9.18 Å². The Kier molecular flexibility index (Phi) is 3.87. The summed E-state index contributed by atoms with van der Waals surface area (Å²) in [5.74, 6) is -0.462. The van der Waals surface area contributed by atoms with Crippen molar-refractivity contribution in [3.63, 3.8) is 0 Å². The third kappa shape index (κ3) is 3.14. The van der Waals surface area contributed by atoms with Gasteiger partial charge in [0.15, 0.2) is 0 Å². The van der Waals surface area contributed by atoms with Crippen LogP contribution in [0.3, 0.4) is 0 Å². The van der Waals surface area contributed by atoms with E-state index in [2.05, 4.69) is 10.3 Å². The van der Waals surface area contributed by atoms with Crippen LogP contribution >= 0.6 is 0 Å². The molecule has 22 heavy (non-hydrogen) atoms. The largest absolute Gasteiger partial charge is 0.350 e. The van der Waals surface area contributed by atoms with E-state index in [1.54, 1.807) is 18.3 Å². The first-order valence-corrected chi connectivity index (χ1v) is 7.10. The highest BCUT2D eigenvalue weighted by atomic mass is 19.1. The highest BCUT2D eigenvalue weighted by molar-refractivity contribution is 5.92. The number of rotatable bonds is 4. The first-order chi connectivity index (χ1) is 10.6. The Hall–Kier alpha value is -2.69. The molecule has 1 aromatic carbocycles. The number of amides is 1. The number of pyridine rings is 1. The Balaban J connectivity index is 1.62. The summed E-state index contributed by atoms with van der Waals surface area (Å²) >= 11 is 0. The van der Waals surface area contributed by atoms with E-state index in [1.807, 2.05) is 29.7 Å². The third-order valence-corrected chi connectivity index (χ3v) is 3.46. The fourth-order valence-corrected chi connectivity index (χ4v) is 2.26. The molecule has 0 aliphatic rings. The number of halogens is 1. The number of nitrogens with zero attached hydrogens (tertiary/aromatic N) is 2. The molecule has 0 saturated carbocycles. The zero-order chi connectivity index (χ0) is 15.5. The fourth-order valence-electron chi connectivity index (χ4n) is 2.26. The molecule has 112 valence electrons. The Bertz CT molecular complexity index is 808. The summed E-state index contributed by atoms with van der Waals surface area (Å²) in [5.41, 5.74) is 3.22. The van der Waals surface area contributed by atoms with Gasteiger partial charge in [0.05, 0.1) is 0 Å². The molecule has 0 fully saturated rings. The lowest BCUT2D eigenvalue weighted by Gasteiger charge is -2.03. The van der Waals surface area contributed by atoms with Crippen molar-refractivity contribution >= 4 is 11.6 Å². The standard InChI is InChI=1S/C17H16FN3O/c1-12-7-9-21-11-15(20-16(21)10-12)17(22)19-8-6-13-2-4-14(18)5-3-13/h2-5,7,9-11H,6,8H2,1H3,(H,19,22). The van der Waals surface area contributed by atoms with Crippen molar-refractivity contribution in [2.75, 3.05) is 6.54 Å². The van der Waals surface area contributed by atoms with Gasteiger partial charge in [-0.05, 0) is 48.7 Å². The van der Waals surface area contributed by atoms with Crippen molar-refractivity contribution in [3.8, 4) is 0 Å². The van der Waals surface area contributed by atoms with E-state index in [-0.39, 0.29) is 11.7 Å². The van der Waals surface area contributed by atoms with E-state index in [1.165, 1.54) is 12.1 Å². The van der Waals surface area contributed by atoms with Gasteiger partial charge in [-0.25, -0.2) is 9.37 Å². The first-order valence-electron chi connectivity index (χ1n) is 7.10. The number of carbonyl (C=O) groups excluding carboxylic acids is 1. The second-order valence-electron chi connectivity index (χ2n) is 5.23. The van der Waals surface area contributed by atoms with Crippen LogP contribution in [0.5, 0.6) is 0 Å². The molecule has 0 unspecified atom stereocenters. The molecule has 2 aromatic heterocycles. The average Bonchev–Trinajstić information content (AvgIpc) is 2.92. The summed E-state index contributed by atoms with van der Waals surface area (Å²) in [6.07, 6.45) is 4.24. The number of hydrogen-bond acceptors (Lipinski definition) is 2. The predicted molar refractivity (Wildman–Crippen MR) is 82.4 cm³/mol. The number of aromatic nitrogens is 2. The van der Waals surface area contributed by atoms with E-state index in [0.29, 0.717) is 18.7 Å². The number of imidazole rings is 1. The summed E-state index contributed by atoms with van der Waals surface area (Å²) in [4.78, 5) is 16.4. The van der Waals surface area contributed by atoms with Crippen LogP contribution in [-0.2, 0) is 6.42 Å². The Labute approximate surface area is 127 Å². The van der Waals surface area contributed by atoms with Crippen LogP contribution in [0.25, 0.3) is 5.65 Å². The van der Waals surface area contributed by atoms with Crippen molar-refractivity contribution in [1.82, 2.24) is 14.7 Å². The summed E-state index contributed by atoms with van der Waals surface area (Å²) in [7, 11) is 0. The third-order valence-electron chi connectivity index (χ3n) is 3.46. The van der Waals surface area contributed by atoms with E-state index in [4.69, 9.17) is 0 Å². The van der Waals surface area contributed by atoms with Crippen molar-refractivity contribution in [3.05, 3.63) is 71.4 Å². The molecule has 0 bridgehead atoms. The molecule has 4 nitrogen and oxygen atoms in total. The molecule has 3 rings (SSSR count). The van der Waals surface area contributed by atoms with Crippen molar-refractivity contribution < 1.29 is 9.18 Å². The van der Waals surface area contributed by atoms with Crippen LogP contribution in [0, 0.1) is 12.7 Å². The minimum absolute atomic E-state index is 0.205. The quantitative estimate of drug-likeness (QED) is 0.805. The van der Waals surface area contributed by atoms with E-state index < -0.39 is 0 Å². The molecule has 3 aromatic rings. The number of nitrogens with one attached hydrogen (secondary N) is 1. The molecule has 1 N–H and O–H groups in total. The molecule has 2 heterocycles. The molecule has 5 heteroatoms. The van der Waals surface area contributed by atoms with Gasteiger partial charge in [0.1, 0.15) is 17.2 Å². The van der Waals surface area contributed by atoms with Gasteiger partial charge in [-0.1, -0.05) is 12.1 Å². The fraction of sp³-hybridized carbons (Fsp3) is 0.176. The first kappa shape index (κ1) is 14.3. The molecule has 0 atom stereocenters. The maximum absolute atomic E-state index is 12.8. The predicted octanol–water partition coefficient (Wildman–Crippen LogP) is 2.75. The highest BCUT2D eigenvalue weighted by Gasteiger charge is 2.10. The van der Waals surface area contributed by atoms with Gasteiger partial charge in [0, 0.05) is 18.9 Å². The molecule has 0 aliphatic carbocycles. The van der Waals surface area contributed by atoms with Crippen molar-refractivity contribution in [2.24, 2.45) is 0 Å². The topological polar surface area (TPSA) is 46.4 Å². The SMILES string of the molecule is Cc1ccn2cc(C(=O)NCCc3ccc(F)cc3)nc2c1. The minimum Gasteiger partial charge on any atom is -0.350 e. The van der Waals surface area contributed by atoms with Gasteiger partial charge in [0.25, 0.3) is 5.91 Å². The van der Waals surface area contributed by atoms with E-state index in [0.717, 1.165) is 16.8 Å². The van der Waals surface area contributed by atoms with Crippen LogP contribution in [-0.4, -0.2) is 21.8 Å². The Morgan fingerprint density at radius 3 is 2.82 bits per heavy atom. The monoisotopic (exact) mass is 297 g/mol. The summed E-state index contributed by atoms with van der Waals surface area (Å²) < 4.78 is 14.6. The maximum atomic E-state index is 12.8. The smallest absolute Gasteiger partial charge is 0.271 e. The lowest BCUT2D eigenvalue weighted by Crippen LogP contribution is -2.25. The summed E-state index contributed by atoms with van der Waals surface area (Å²) in [6, 6.07) is 10.2. The minimum atomic E-state index is -0.257. The molecule has 1 amide bonds. The Morgan fingerprint density at radius 2 is 2.05 bits per heavy atom. The van der Waals surface area contributed by atoms with Crippen LogP contribution in [0.15, 0.2) is 48.8 Å². The Morgan fingerprint density at radius 1 is 1.27 bits per heavy atom. The molecule has 0 aliphatic heterocycles. The van der Waals surface area contributed by atoms with Gasteiger partial charge >= 0.3 is 0 Å². The second-order valence-corrected chi connectivity index (χ2v) is 5.23. The molecule has 0 spiro atoms. The van der Waals surface area contributed by atoms with Gasteiger partial charge in [-0.2, -0.15) is 0 Å². The van der Waals surface area contributed by atoms with Crippen LogP contribution in [0.4, 0.5) is 4.39 Å². The highest BCUT2D eigenvalue weighted by Crippen LogP contribution is 2.08. The van der Waals surface area contributed by atoms with Crippen molar-refractivity contribution in [2.45, 2.75) is 13.3 Å². The van der Waals surface area contributed by atoms with Crippen LogP contribution < -0.4 is 5.32 Å². The van der Waals surface area contributed by atoms with Crippen LogP contribution in [0.2, 0.25) is 0 Å². The van der Waals surface area contributed by atoms with Crippen molar-refractivity contribution in [1.29, 1.82) is 0 Å². The maximum Gasteiger partial charge on any atom is 0.271 e. The zero-order valence-corrected chi connectivity index (χ0v) is 12.2. The summed E-state index contributed by atoms with van der Waals surface area (Å²) in [6.45, 7) is 2.47. The van der Waals surface area contributed by atoms with Crippen LogP contribution in [0.1, 0.15) is 21.6 Å². The number of carbonyl (C=O) groups is 1. The zero-order valence-electron chi connectivity index (χ0n) is 12.2. The van der Waals surface area contributed by atoms with E-state index >= 15 is 0 Å². The van der Waals surface area contributed by atoms with Gasteiger partial charge < -0.3 is 9.72 Å². The normalized spacial score (nSPS) is 10.8. The summed E-state index contributed by atoms with van der Waals surface area (Å²) in [5, 5.41) is 2.83. The molecular formula is C17H16FN3O. The number of fused-ring (bicyclic) bond motifs is 1. The lowest BCUT2D eigenvalue weighted by molar-refractivity contribution is 0.0950. The van der Waals surface area contributed by atoms with Gasteiger partial charge in [-0.15, -0.1) is 0 Å². The molecular weight excluding hydrogens is 281 g/mol. The number of aryl methyl sites for hydroxylation is 1. The number of hydrogen-bond donors (Lipinski definition) is 1. The molecule has 0 saturated heterocycles. The van der Waals surface area contributed by atoms with Gasteiger partial charge in [0.2, 0.25) is 0 Å². The lowest BCUT2D eigenvalue weighted by atomic mass is 10.1.